The summed E-state index contributed by atoms with van der Waals surface area (Å²) in [5, 5.41) is 11.4. The van der Waals surface area contributed by atoms with E-state index in [1.54, 1.807) is 57.2 Å². The molecule has 5 rings (SSSR count). The van der Waals surface area contributed by atoms with Gasteiger partial charge in [0.05, 0.1) is 33.9 Å². The zero-order chi connectivity index (χ0) is 29.3. The smallest absolute Gasteiger partial charge is 0.338 e. The van der Waals surface area contributed by atoms with E-state index in [9.17, 15) is 19.7 Å². The van der Waals surface area contributed by atoms with Crippen LogP contribution >= 0.6 is 11.3 Å². The summed E-state index contributed by atoms with van der Waals surface area (Å²) in [6, 6.07) is 14.7. The Bertz CT molecular complexity index is 1880. The van der Waals surface area contributed by atoms with Crippen molar-refractivity contribution >= 4 is 29.1 Å². The van der Waals surface area contributed by atoms with Crippen molar-refractivity contribution in [1.29, 1.82) is 0 Å². The zero-order valence-corrected chi connectivity index (χ0v) is 23.7. The largest absolute Gasteiger partial charge is 0.494 e. The fraction of sp³-hybridized carbons (Fsp3) is 0.233. The minimum absolute atomic E-state index is 0.00568. The Balaban J connectivity index is 1.65. The Morgan fingerprint density at radius 2 is 1.90 bits per heavy atom. The number of esters is 1. The number of carbonyl (C=O) groups is 1. The molecule has 1 atom stereocenters. The van der Waals surface area contributed by atoms with E-state index in [1.807, 2.05) is 25.1 Å². The Morgan fingerprint density at radius 1 is 1.12 bits per heavy atom. The third kappa shape index (κ3) is 5.11. The predicted molar refractivity (Wildman–Crippen MR) is 154 cm³/mol. The first-order valence-electron chi connectivity index (χ1n) is 13.0. The van der Waals surface area contributed by atoms with Crippen molar-refractivity contribution in [1.82, 2.24) is 4.57 Å². The van der Waals surface area contributed by atoms with Crippen molar-refractivity contribution in [2.75, 3.05) is 13.2 Å². The number of aromatic nitrogens is 1. The number of fused-ring (bicyclic) bond motifs is 1. The topological polar surface area (TPSA) is 126 Å². The minimum Gasteiger partial charge on any atom is -0.494 e. The van der Waals surface area contributed by atoms with E-state index < -0.39 is 16.9 Å². The molecule has 3 heterocycles. The summed E-state index contributed by atoms with van der Waals surface area (Å²) in [7, 11) is 0. The van der Waals surface area contributed by atoms with Gasteiger partial charge in [0, 0.05) is 28.8 Å². The second-order valence-electron chi connectivity index (χ2n) is 9.18. The molecule has 0 saturated heterocycles. The third-order valence-electron chi connectivity index (χ3n) is 6.70. The quantitative estimate of drug-likeness (QED) is 0.170. The lowest BCUT2D eigenvalue weighted by atomic mass is 9.95. The second kappa shape index (κ2) is 11.4. The van der Waals surface area contributed by atoms with Crippen molar-refractivity contribution in [3.05, 3.63) is 113 Å². The van der Waals surface area contributed by atoms with Crippen molar-refractivity contribution in [2.45, 2.75) is 33.7 Å². The van der Waals surface area contributed by atoms with Crippen molar-refractivity contribution in [3.63, 3.8) is 0 Å². The lowest BCUT2D eigenvalue weighted by molar-refractivity contribution is -0.385. The molecule has 41 heavy (non-hydrogen) atoms. The van der Waals surface area contributed by atoms with Crippen LogP contribution in [-0.2, 0) is 9.53 Å². The summed E-state index contributed by atoms with van der Waals surface area (Å²) >= 11 is 1.17. The minimum atomic E-state index is -0.810. The highest BCUT2D eigenvalue weighted by atomic mass is 32.1. The van der Waals surface area contributed by atoms with Gasteiger partial charge in [-0.25, -0.2) is 9.79 Å². The molecule has 210 valence electrons. The molecule has 0 amide bonds. The van der Waals surface area contributed by atoms with E-state index in [1.165, 1.54) is 22.0 Å². The zero-order valence-electron chi connectivity index (χ0n) is 22.9. The lowest BCUT2D eigenvalue weighted by Crippen LogP contribution is -2.40. The number of rotatable bonds is 8. The number of allylic oxidation sites excluding steroid dienone is 1. The standard InChI is InChI=1S/C30H27N3O7S/c1-5-38-23-13-8-7-10-21(23)27-26(29(35)39-6-2)18(4)31-30-32(27)28(34)25(41-30)16-19-14-15-24(40-19)20-11-9-12-22(17(20)3)33(36)37/h7-16,27H,5-6H2,1-4H3/b25-16+/t27-/m1/s1. The first-order valence-corrected chi connectivity index (χ1v) is 13.8. The van der Waals surface area contributed by atoms with Gasteiger partial charge < -0.3 is 13.9 Å². The van der Waals surface area contributed by atoms with Gasteiger partial charge >= 0.3 is 5.97 Å². The van der Waals surface area contributed by atoms with Crippen molar-refractivity contribution < 1.29 is 23.6 Å². The second-order valence-corrected chi connectivity index (χ2v) is 10.2. The fourth-order valence-corrected chi connectivity index (χ4v) is 5.90. The van der Waals surface area contributed by atoms with E-state index in [4.69, 9.17) is 13.9 Å². The monoisotopic (exact) mass is 573 g/mol. The van der Waals surface area contributed by atoms with Gasteiger partial charge in [-0.1, -0.05) is 41.7 Å². The molecule has 0 unspecified atom stereocenters. The molecule has 0 bridgehead atoms. The van der Waals surface area contributed by atoms with Gasteiger partial charge in [0.15, 0.2) is 4.80 Å². The van der Waals surface area contributed by atoms with Crippen LogP contribution in [-0.4, -0.2) is 28.7 Å². The Morgan fingerprint density at radius 3 is 2.63 bits per heavy atom. The molecular formula is C30H27N3O7S. The van der Waals surface area contributed by atoms with E-state index in [0.29, 0.717) is 55.6 Å². The molecule has 0 saturated carbocycles. The van der Waals surface area contributed by atoms with Crippen molar-refractivity contribution in [2.24, 2.45) is 4.99 Å². The molecule has 1 aliphatic rings. The number of nitro benzene ring substituents is 1. The third-order valence-corrected chi connectivity index (χ3v) is 7.68. The molecule has 0 radical (unpaired) electrons. The Kier molecular flexibility index (Phi) is 7.71. The van der Waals surface area contributed by atoms with Gasteiger partial charge in [-0.05, 0) is 45.9 Å². The van der Waals surface area contributed by atoms with Gasteiger partial charge in [-0.2, -0.15) is 0 Å². The average molecular weight is 574 g/mol. The van der Waals surface area contributed by atoms with Gasteiger partial charge in [0.25, 0.3) is 11.2 Å². The van der Waals surface area contributed by atoms with Crippen LogP contribution < -0.4 is 19.6 Å². The van der Waals surface area contributed by atoms with Gasteiger partial charge in [0.2, 0.25) is 0 Å². The Hall–Kier alpha value is -4.77. The van der Waals surface area contributed by atoms with Crippen LogP contribution in [0.5, 0.6) is 5.75 Å². The first kappa shape index (κ1) is 27.8. The summed E-state index contributed by atoms with van der Waals surface area (Å²) in [4.78, 5) is 43.0. The highest BCUT2D eigenvalue weighted by molar-refractivity contribution is 7.07. The number of benzene rings is 2. The number of nitro groups is 1. The van der Waals surface area contributed by atoms with Crippen LogP contribution in [0.2, 0.25) is 0 Å². The summed E-state index contributed by atoms with van der Waals surface area (Å²) in [5.74, 6) is 0.828. The molecule has 0 spiro atoms. The maximum absolute atomic E-state index is 13.9. The number of hydrogen-bond acceptors (Lipinski definition) is 9. The highest BCUT2D eigenvalue weighted by Crippen LogP contribution is 2.36. The molecule has 1 aliphatic heterocycles. The van der Waals surface area contributed by atoms with E-state index in [2.05, 4.69) is 4.99 Å². The summed E-state index contributed by atoms with van der Waals surface area (Å²) < 4.78 is 19.1. The number of carbonyl (C=O) groups excluding carboxylic acids is 1. The van der Waals surface area contributed by atoms with Crippen LogP contribution in [0.15, 0.2) is 80.1 Å². The van der Waals surface area contributed by atoms with Gasteiger partial charge in [-0.15, -0.1) is 0 Å². The Labute approximate surface area is 238 Å². The first-order chi connectivity index (χ1) is 19.7. The lowest BCUT2D eigenvalue weighted by Gasteiger charge is -2.26. The summed E-state index contributed by atoms with van der Waals surface area (Å²) in [6.07, 6.45) is 1.61. The van der Waals surface area contributed by atoms with Gasteiger partial charge in [0.1, 0.15) is 23.3 Å². The summed E-state index contributed by atoms with van der Waals surface area (Å²) in [5.41, 5.74) is 2.06. The number of para-hydroxylation sites is 1. The van der Waals surface area contributed by atoms with E-state index >= 15 is 0 Å². The summed E-state index contributed by atoms with van der Waals surface area (Å²) in [6.45, 7) is 7.55. The van der Waals surface area contributed by atoms with Crippen LogP contribution in [0, 0.1) is 17.0 Å². The predicted octanol–water partition coefficient (Wildman–Crippen LogP) is 4.67. The van der Waals surface area contributed by atoms with Crippen LogP contribution in [0.4, 0.5) is 5.69 Å². The van der Waals surface area contributed by atoms with Crippen LogP contribution in [0.25, 0.3) is 17.4 Å². The number of nitrogens with zero attached hydrogens (tertiary/aromatic N) is 3. The molecule has 11 heteroatoms. The van der Waals surface area contributed by atoms with Crippen LogP contribution in [0.3, 0.4) is 0 Å². The molecule has 0 fully saturated rings. The number of ether oxygens (including phenoxy) is 2. The molecule has 0 aliphatic carbocycles. The molecule has 2 aromatic carbocycles. The molecule has 0 N–H and O–H groups in total. The van der Waals surface area contributed by atoms with Gasteiger partial charge in [-0.3, -0.25) is 19.5 Å². The number of furan rings is 1. The molecular weight excluding hydrogens is 546 g/mol. The maximum Gasteiger partial charge on any atom is 0.338 e. The van der Waals surface area contributed by atoms with E-state index in [0.717, 1.165) is 0 Å². The molecule has 2 aromatic heterocycles. The van der Waals surface area contributed by atoms with Crippen LogP contribution in [0.1, 0.15) is 43.7 Å². The maximum atomic E-state index is 13.9. The van der Waals surface area contributed by atoms with E-state index in [-0.39, 0.29) is 23.4 Å². The highest BCUT2D eigenvalue weighted by Gasteiger charge is 2.35. The van der Waals surface area contributed by atoms with Crippen molar-refractivity contribution in [3.8, 4) is 17.1 Å². The SMILES string of the molecule is CCOC(=O)C1=C(C)N=c2s/c(=C/c3ccc(-c4cccc([N+](=O)[O-])c4C)o3)c(=O)n2[C@@H]1c1ccccc1OCC. The number of thiazole rings is 1. The number of hydrogen-bond donors (Lipinski definition) is 0. The fourth-order valence-electron chi connectivity index (χ4n) is 4.87. The average Bonchev–Trinajstić information content (AvgIpc) is 3.52. The molecule has 10 nitrogen and oxygen atoms in total. The normalized spacial score (nSPS) is 14.9. The molecule has 4 aromatic rings.